The van der Waals surface area contributed by atoms with Gasteiger partial charge < -0.3 is 5.32 Å². The van der Waals surface area contributed by atoms with Crippen LogP contribution in [0.15, 0.2) is 62.6 Å². The summed E-state index contributed by atoms with van der Waals surface area (Å²) in [5.41, 5.74) is 0.233. The molecule has 0 radical (unpaired) electrons. The number of fused-ring (bicyclic) bond motifs is 1. The Hall–Kier alpha value is -2.67. The first-order valence-corrected chi connectivity index (χ1v) is 8.58. The Balaban J connectivity index is 2.07. The van der Waals surface area contributed by atoms with Gasteiger partial charge in [0.15, 0.2) is 0 Å². The van der Waals surface area contributed by atoms with E-state index in [2.05, 4.69) is 21.2 Å². The Labute approximate surface area is 151 Å². The average Bonchev–Trinajstić information content (AvgIpc) is 2.60. The molecule has 25 heavy (non-hydrogen) atoms. The molecule has 6 nitrogen and oxygen atoms in total. The number of nitrogens with one attached hydrogen (secondary N) is 1. The number of halogens is 1. The van der Waals surface area contributed by atoms with Gasteiger partial charge in [0.1, 0.15) is 6.54 Å². The lowest BCUT2D eigenvalue weighted by atomic mass is 10.2. The molecule has 0 saturated heterocycles. The van der Waals surface area contributed by atoms with Gasteiger partial charge in [0, 0.05) is 16.7 Å². The molecule has 0 aliphatic heterocycles. The van der Waals surface area contributed by atoms with Crippen LogP contribution in [0, 0.1) is 0 Å². The molecule has 0 bridgehead atoms. The van der Waals surface area contributed by atoms with Crippen LogP contribution in [-0.2, 0) is 17.9 Å². The maximum atomic E-state index is 12.6. The van der Waals surface area contributed by atoms with Gasteiger partial charge in [-0.1, -0.05) is 34.1 Å². The van der Waals surface area contributed by atoms with Gasteiger partial charge >= 0.3 is 5.69 Å². The molecule has 1 amide bonds. The highest BCUT2D eigenvalue weighted by atomic mass is 79.9. The van der Waals surface area contributed by atoms with Gasteiger partial charge in [-0.2, -0.15) is 0 Å². The van der Waals surface area contributed by atoms with E-state index in [1.807, 2.05) is 18.2 Å². The molecule has 0 unspecified atom stereocenters. The van der Waals surface area contributed by atoms with Crippen molar-refractivity contribution in [1.29, 1.82) is 0 Å². The maximum Gasteiger partial charge on any atom is 0.331 e. The zero-order valence-electron chi connectivity index (χ0n) is 13.5. The van der Waals surface area contributed by atoms with Gasteiger partial charge in [0.2, 0.25) is 5.91 Å². The van der Waals surface area contributed by atoms with Crippen LogP contribution in [0.4, 0.5) is 5.69 Å². The monoisotopic (exact) mass is 401 g/mol. The Morgan fingerprint density at radius 1 is 1.08 bits per heavy atom. The molecule has 7 heteroatoms. The molecule has 0 aliphatic carbocycles. The molecule has 3 aromatic rings. The van der Waals surface area contributed by atoms with E-state index in [0.717, 1.165) is 9.04 Å². The molecule has 0 fully saturated rings. The summed E-state index contributed by atoms with van der Waals surface area (Å²) in [7, 11) is 0. The van der Waals surface area contributed by atoms with Crippen LogP contribution in [0.5, 0.6) is 0 Å². The van der Waals surface area contributed by atoms with Gasteiger partial charge in [-0.25, -0.2) is 4.79 Å². The Morgan fingerprint density at radius 2 is 1.80 bits per heavy atom. The van der Waals surface area contributed by atoms with Crippen LogP contribution in [0.25, 0.3) is 10.9 Å². The Kier molecular flexibility index (Phi) is 4.85. The van der Waals surface area contributed by atoms with E-state index >= 15 is 0 Å². The number of hydrogen-bond acceptors (Lipinski definition) is 3. The second-order valence-electron chi connectivity index (χ2n) is 5.49. The zero-order valence-corrected chi connectivity index (χ0v) is 15.1. The van der Waals surface area contributed by atoms with Gasteiger partial charge in [-0.3, -0.25) is 18.7 Å². The number of aromatic nitrogens is 2. The third kappa shape index (κ3) is 3.41. The van der Waals surface area contributed by atoms with Crippen molar-refractivity contribution in [1.82, 2.24) is 9.13 Å². The minimum Gasteiger partial charge on any atom is -0.325 e. The number of carbonyl (C=O) groups excluding carboxylic acids is 1. The highest BCUT2D eigenvalue weighted by Crippen LogP contribution is 2.16. The molecule has 1 aromatic heterocycles. The summed E-state index contributed by atoms with van der Waals surface area (Å²) in [5, 5.41) is 3.14. The fourth-order valence-corrected chi connectivity index (χ4v) is 3.05. The first-order chi connectivity index (χ1) is 12.0. The third-order valence-electron chi connectivity index (χ3n) is 3.86. The fourth-order valence-electron chi connectivity index (χ4n) is 2.69. The number of nitrogens with zero attached hydrogens (tertiary/aromatic N) is 2. The Morgan fingerprint density at radius 3 is 2.48 bits per heavy atom. The number of anilines is 1. The van der Waals surface area contributed by atoms with Gasteiger partial charge in [-0.15, -0.1) is 0 Å². The summed E-state index contributed by atoms with van der Waals surface area (Å²) >= 11 is 3.34. The van der Waals surface area contributed by atoms with Crippen molar-refractivity contribution in [3.8, 4) is 0 Å². The summed E-state index contributed by atoms with van der Waals surface area (Å²) in [6.07, 6.45) is 0. The minimum atomic E-state index is -0.495. The average molecular weight is 402 g/mol. The summed E-state index contributed by atoms with van der Waals surface area (Å²) in [5.74, 6) is -0.334. The van der Waals surface area contributed by atoms with E-state index in [0.29, 0.717) is 16.6 Å². The minimum absolute atomic E-state index is 0.174. The number of amides is 1. The summed E-state index contributed by atoms with van der Waals surface area (Å²) in [4.78, 5) is 37.5. The van der Waals surface area contributed by atoms with Crippen LogP contribution < -0.4 is 16.6 Å². The molecule has 1 heterocycles. The second kappa shape index (κ2) is 7.06. The van der Waals surface area contributed by atoms with Crippen LogP contribution in [0.2, 0.25) is 0 Å². The zero-order chi connectivity index (χ0) is 18.0. The molecule has 128 valence electrons. The van der Waals surface area contributed by atoms with Crippen LogP contribution in [-0.4, -0.2) is 15.0 Å². The normalized spacial score (nSPS) is 10.8. The van der Waals surface area contributed by atoms with E-state index < -0.39 is 5.69 Å². The highest BCUT2D eigenvalue weighted by molar-refractivity contribution is 9.10. The number of hydrogen-bond donors (Lipinski definition) is 1. The molecule has 2 aromatic carbocycles. The fraction of sp³-hybridized carbons (Fsp3) is 0.167. The quantitative estimate of drug-likeness (QED) is 0.729. The first-order valence-electron chi connectivity index (χ1n) is 7.79. The summed E-state index contributed by atoms with van der Waals surface area (Å²) in [6.45, 7) is 1.79. The van der Waals surface area contributed by atoms with E-state index in [4.69, 9.17) is 0 Å². The van der Waals surface area contributed by atoms with E-state index in [-0.39, 0.29) is 24.6 Å². The predicted octanol–water partition coefficient (Wildman–Crippen LogP) is 2.58. The SMILES string of the molecule is CCn1c(=O)c2cc(Br)ccc2n(CC(=O)Nc2ccccc2)c1=O. The largest absolute Gasteiger partial charge is 0.331 e. The Bertz CT molecular complexity index is 1050. The summed E-state index contributed by atoms with van der Waals surface area (Å²) < 4.78 is 3.19. The van der Waals surface area contributed by atoms with Gasteiger partial charge in [-0.05, 0) is 37.3 Å². The lowest BCUT2D eigenvalue weighted by Crippen LogP contribution is -2.41. The van der Waals surface area contributed by atoms with Gasteiger partial charge in [0.05, 0.1) is 10.9 Å². The van der Waals surface area contributed by atoms with Crippen LogP contribution in [0.1, 0.15) is 6.92 Å². The second-order valence-corrected chi connectivity index (χ2v) is 6.41. The van der Waals surface area contributed by atoms with Crippen molar-refractivity contribution in [3.63, 3.8) is 0 Å². The van der Waals surface area contributed by atoms with Crippen molar-refractivity contribution < 1.29 is 4.79 Å². The maximum absolute atomic E-state index is 12.6. The van der Waals surface area contributed by atoms with Crippen LogP contribution >= 0.6 is 15.9 Å². The van der Waals surface area contributed by atoms with E-state index in [1.165, 1.54) is 4.57 Å². The highest BCUT2D eigenvalue weighted by Gasteiger charge is 2.15. The van der Waals surface area contributed by atoms with Crippen molar-refractivity contribution in [2.45, 2.75) is 20.0 Å². The molecule has 3 rings (SSSR count). The summed E-state index contributed by atoms with van der Waals surface area (Å²) in [6, 6.07) is 14.1. The van der Waals surface area contributed by atoms with Crippen molar-refractivity contribution >= 4 is 38.4 Å². The molecule has 0 spiro atoms. The standard InChI is InChI=1S/C18H16BrN3O3/c1-2-21-17(24)14-10-12(19)8-9-15(14)22(18(21)25)11-16(23)20-13-6-4-3-5-7-13/h3-10H,2,11H2,1H3,(H,20,23). The molecular weight excluding hydrogens is 386 g/mol. The number of rotatable bonds is 4. The first kappa shape index (κ1) is 17.2. The van der Waals surface area contributed by atoms with E-state index in [1.54, 1.807) is 37.3 Å². The molecule has 0 atom stereocenters. The number of carbonyl (C=O) groups is 1. The predicted molar refractivity (Wildman–Crippen MR) is 101 cm³/mol. The lowest BCUT2D eigenvalue weighted by molar-refractivity contribution is -0.116. The van der Waals surface area contributed by atoms with E-state index in [9.17, 15) is 14.4 Å². The van der Waals surface area contributed by atoms with Crippen molar-refractivity contribution in [2.75, 3.05) is 5.32 Å². The molecule has 1 N–H and O–H groups in total. The van der Waals surface area contributed by atoms with Crippen molar-refractivity contribution in [2.24, 2.45) is 0 Å². The molecule has 0 aliphatic rings. The number of para-hydroxylation sites is 1. The third-order valence-corrected chi connectivity index (χ3v) is 4.36. The molecular formula is C18H16BrN3O3. The van der Waals surface area contributed by atoms with Crippen LogP contribution in [0.3, 0.4) is 0 Å². The topological polar surface area (TPSA) is 73.1 Å². The smallest absolute Gasteiger partial charge is 0.325 e. The molecule has 0 saturated carbocycles. The number of benzene rings is 2. The lowest BCUT2D eigenvalue weighted by Gasteiger charge is -2.13. The van der Waals surface area contributed by atoms with Gasteiger partial charge in [0.25, 0.3) is 5.56 Å². The van der Waals surface area contributed by atoms with Crippen molar-refractivity contribution in [3.05, 3.63) is 73.8 Å².